The summed E-state index contributed by atoms with van der Waals surface area (Å²) < 4.78 is 26.8. The zero-order chi connectivity index (χ0) is 16.4. The standard InChI is InChI=1S/C14H22Cl2N2O2S/c1-9(2)5-10(3)18(4)21(19,20)13-7-12(15)6-11(8-17)14(13)16/h6-7,9-10H,5,8,17H2,1-4H3. The van der Waals surface area contributed by atoms with E-state index in [4.69, 9.17) is 28.9 Å². The van der Waals surface area contributed by atoms with Gasteiger partial charge in [-0.3, -0.25) is 0 Å². The minimum Gasteiger partial charge on any atom is -0.326 e. The third-order valence-corrected chi connectivity index (χ3v) is 6.16. The van der Waals surface area contributed by atoms with Gasteiger partial charge in [0.05, 0.1) is 5.02 Å². The van der Waals surface area contributed by atoms with E-state index in [9.17, 15) is 8.42 Å². The van der Waals surface area contributed by atoms with E-state index in [1.54, 1.807) is 13.1 Å². The molecule has 1 aromatic carbocycles. The fraction of sp³-hybridized carbons (Fsp3) is 0.571. The van der Waals surface area contributed by atoms with Crippen LogP contribution in [0.1, 0.15) is 32.8 Å². The van der Waals surface area contributed by atoms with Gasteiger partial charge in [0, 0.05) is 24.7 Å². The normalized spacial score (nSPS) is 14.0. The second kappa shape index (κ2) is 7.29. The number of nitrogens with zero attached hydrogens (tertiary/aromatic N) is 1. The van der Waals surface area contributed by atoms with E-state index in [1.807, 2.05) is 6.92 Å². The fourth-order valence-electron chi connectivity index (χ4n) is 2.18. The summed E-state index contributed by atoms with van der Waals surface area (Å²) in [6, 6.07) is 2.82. The molecule has 0 saturated carbocycles. The van der Waals surface area contributed by atoms with Crippen molar-refractivity contribution in [2.75, 3.05) is 7.05 Å². The molecule has 0 heterocycles. The number of halogens is 2. The highest BCUT2D eigenvalue weighted by molar-refractivity contribution is 7.89. The molecule has 21 heavy (non-hydrogen) atoms. The van der Waals surface area contributed by atoms with Gasteiger partial charge in [-0.15, -0.1) is 0 Å². The summed E-state index contributed by atoms with van der Waals surface area (Å²) in [6.07, 6.45) is 0.762. The van der Waals surface area contributed by atoms with Crippen LogP contribution in [0.4, 0.5) is 0 Å². The van der Waals surface area contributed by atoms with Crippen LogP contribution >= 0.6 is 23.2 Å². The summed E-state index contributed by atoms with van der Waals surface area (Å²) in [4.78, 5) is 0.00947. The van der Waals surface area contributed by atoms with Gasteiger partial charge in [-0.1, -0.05) is 37.0 Å². The van der Waals surface area contributed by atoms with Gasteiger partial charge in [-0.05, 0) is 37.0 Å². The van der Waals surface area contributed by atoms with Crippen molar-refractivity contribution < 1.29 is 8.42 Å². The number of benzene rings is 1. The first-order valence-corrected chi connectivity index (χ1v) is 8.96. The molecule has 0 saturated heterocycles. The average Bonchev–Trinajstić information content (AvgIpc) is 2.38. The summed E-state index contributed by atoms with van der Waals surface area (Å²) in [6.45, 7) is 6.11. The molecule has 0 amide bonds. The summed E-state index contributed by atoms with van der Waals surface area (Å²) >= 11 is 12.2. The van der Waals surface area contributed by atoms with Gasteiger partial charge in [-0.2, -0.15) is 4.31 Å². The highest BCUT2D eigenvalue weighted by atomic mass is 35.5. The van der Waals surface area contributed by atoms with Crippen LogP contribution in [-0.2, 0) is 16.6 Å². The quantitative estimate of drug-likeness (QED) is 0.851. The van der Waals surface area contributed by atoms with Gasteiger partial charge >= 0.3 is 0 Å². The minimum atomic E-state index is -3.71. The first-order chi connectivity index (χ1) is 9.61. The zero-order valence-corrected chi connectivity index (χ0v) is 15.1. The highest BCUT2D eigenvalue weighted by Gasteiger charge is 2.29. The SMILES string of the molecule is CC(C)CC(C)N(C)S(=O)(=O)c1cc(Cl)cc(CN)c1Cl. The summed E-state index contributed by atoms with van der Waals surface area (Å²) in [5.74, 6) is 0.395. The Labute approximate surface area is 137 Å². The first kappa shape index (κ1) is 18.7. The van der Waals surface area contributed by atoms with E-state index in [2.05, 4.69) is 13.8 Å². The van der Waals surface area contributed by atoms with Crippen molar-refractivity contribution in [2.45, 2.75) is 44.7 Å². The van der Waals surface area contributed by atoms with E-state index in [0.29, 0.717) is 16.5 Å². The molecule has 0 aliphatic rings. The number of hydrogen-bond donors (Lipinski definition) is 1. The molecule has 7 heteroatoms. The van der Waals surface area contributed by atoms with Crippen LogP contribution in [0.3, 0.4) is 0 Å². The third-order valence-electron chi connectivity index (χ3n) is 3.39. The third kappa shape index (κ3) is 4.33. The van der Waals surface area contributed by atoms with Gasteiger partial charge < -0.3 is 5.73 Å². The van der Waals surface area contributed by atoms with Gasteiger partial charge in [-0.25, -0.2) is 8.42 Å². The minimum absolute atomic E-state index is 0.00947. The van der Waals surface area contributed by atoms with E-state index in [1.165, 1.54) is 10.4 Å². The number of nitrogens with two attached hydrogens (primary N) is 1. The average molecular weight is 353 g/mol. The highest BCUT2D eigenvalue weighted by Crippen LogP contribution is 2.32. The van der Waals surface area contributed by atoms with Crippen LogP contribution < -0.4 is 5.73 Å². The smallest absolute Gasteiger partial charge is 0.244 e. The molecular formula is C14H22Cl2N2O2S. The number of sulfonamides is 1. The lowest BCUT2D eigenvalue weighted by molar-refractivity contribution is 0.338. The van der Waals surface area contributed by atoms with Crippen LogP contribution in [0.15, 0.2) is 17.0 Å². The Hall–Kier alpha value is -0.330. The lowest BCUT2D eigenvalue weighted by Crippen LogP contribution is -2.36. The monoisotopic (exact) mass is 352 g/mol. The summed E-state index contributed by atoms with van der Waals surface area (Å²) in [5, 5.41) is 0.453. The second-order valence-electron chi connectivity index (χ2n) is 5.58. The fourth-order valence-corrected chi connectivity index (χ4v) is 4.47. The van der Waals surface area contributed by atoms with Gasteiger partial charge in [0.15, 0.2) is 0 Å². The van der Waals surface area contributed by atoms with Crippen molar-refractivity contribution >= 4 is 33.2 Å². The van der Waals surface area contributed by atoms with Crippen LogP contribution in [0, 0.1) is 5.92 Å². The maximum Gasteiger partial charge on any atom is 0.244 e. The lowest BCUT2D eigenvalue weighted by atomic mass is 10.1. The van der Waals surface area contributed by atoms with Crippen LogP contribution in [-0.4, -0.2) is 25.8 Å². The molecule has 0 fully saturated rings. The first-order valence-electron chi connectivity index (χ1n) is 6.77. The molecule has 1 unspecified atom stereocenters. The van der Waals surface area contributed by atoms with Gasteiger partial charge in [0.1, 0.15) is 4.90 Å². The largest absolute Gasteiger partial charge is 0.326 e. The Morgan fingerprint density at radius 2 is 1.81 bits per heavy atom. The molecule has 1 aromatic rings. The Balaban J connectivity index is 3.28. The molecule has 0 radical (unpaired) electrons. The van der Waals surface area contributed by atoms with Gasteiger partial charge in [0.2, 0.25) is 10.0 Å². The second-order valence-corrected chi connectivity index (χ2v) is 8.36. The van der Waals surface area contributed by atoms with E-state index in [0.717, 1.165) is 6.42 Å². The van der Waals surface area contributed by atoms with E-state index in [-0.39, 0.29) is 22.5 Å². The molecule has 1 atom stereocenters. The molecule has 0 aliphatic carbocycles. The van der Waals surface area contributed by atoms with Crippen molar-refractivity contribution in [2.24, 2.45) is 11.7 Å². The Morgan fingerprint density at radius 1 is 1.24 bits per heavy atom. The molecule has 0 bridgehead atoms. The molecule has 4 nitrogen and oxygen atoms in total. The molecular weight excluding hydrogens is 331 g/mol. The Bertz CT molecular complexity index is 603. The van der Waals surface area contributed by atoms with Crippen molar-refractivity contribution in [1.29, 1.82) is 0 Å². The number of rotatable bonds is 6. The zero-order valence-electron chi connectivity index (χ0n) is 12.7. The molecule has 1 rings (SSSR count). The van der Waals surface area contributed by atoms with E-state index >= 15 is 0 Å². The Morgan fingerprint density at radius 3 is 2.29 bits per heavy atom. The predicted molar refractivity (Wildman–Crippen MR) is 88.2 cm³/mol. The van der Waals surface area contributed by atoms with Crippen molar-refractivity contribution in [3.05, 3.63) is 27.7 Å². The molecule has 2 N–H and O–H groups in total. The van der Waals surface area contributed by atoms with Crippen molar-refractivity contribution in [1.82, 2.24) is 4.31 Å². The summed E-state index contributed by atoms with van der Waals surface area (Å²) in [7, 11) is -2.15. The number of hydrogen-bond acceptors (Lipinski definition) is 3. The molecule has 120 valence electrons. The molecule has 0 spiro atoms. The van der Waals surface area contributed by atoms with Crippen LogP contribution in [0.25, 0.3) is 0 Å². The predicted octanol–water partition coefficient (Wildman–Crippen LogP) is 3.51. The van der Waals surface area contributed by atoms with Crippen molar-refractivity contribution in [3.63, 3.8) is 0 Å². The van der Waals surface area contributed by atoms with Crippen molar-refractivity contribution in [3.8, 4) is 0 Å². The van der Waals surface area contributed by atoms with Crippen LogP contribution in [0.5, 0.6) is 0 Å². The molecule has 0 aliphatic heterocycles. The maximum absolute atomic E-state index is 12.7. The topological polar surface area (TPSA) is 63.4 Å². The van der Waals surface area contributed by atoms with E-state index < -0.39 is 10.0 Å². The summed E-state index contributed by atoms with van der Waals surface area (Å²) in [5.41, 5.74) is 6.10. The maximum atomic E-state index is 12.7. The Kier molecular flexibility index (Phi) is 6.50. The molecule has 0 aromatic heterocycles. The van der Waals surface area contributed by atoms with Gasteiger partial charge in [0.25, 0.3) is 0 Å². The lowest BCUT2D eigenvalue weighted by Gasteiger charge is -2.26. The van der Waals surface area contributed by atoms with Crippen LogP contribution in [0.2, 0.25) is 10.0 Å².